The predicted molar refractivity (Wildman–Crippen MR) is 99.0 cm³/mol. The molecule has 4 nitrogen and oxygen atoms in total. The summed E-state index contributed by atoms with van der Waals surface area (Å²) in [7, 11) is 1.61. The number of amides is 1. The first-order valence-corrected chi connectivity index (χ1v) is 8.94. The maximum absolute atomic E-state index is 13.3. The van der Waals surface area contributed by atoms with Crippen molar-refractivity contribution in [3.8, 4) is 11.3 Å². The third kappa shape index (κ3) is 2.16. The number of hydrogen-bond donors (Lipinski definition) is 2. The van der Waals surface area contributed by atoms with Crippen LogP contribution in [0.3, 0.4) is 0 Å². The van der Waals surface area contributed by atoms with Gasteiger partial charge in [0.1, 0.15) is 17.2 Å². The summed E-state index contributed by atoms with van der Waals surface area (Å²) in [5.41, 5.74) is 4.53. The van der Waals surface area contributed by atoms with E-state index in [1.807, 2.05) is 6.07 Å². The van der Waals surface area contributed by atoms with Gasteiger partial charge in [0.25, 0.3) is 5.91 Å². The lowest BCUT2D eigenvalue weighted by atomic mass is 9.86. The molecule has 3 aromatic rings. The van der Waals surface area contributed by atoms with Gasteiger partial charge in [-0.25, -0.2) is 4.39 Å². The minimum absolute atomic E-state index is 0.198. The van der Waals surface area contributed by atoms with Crippen molar-refractivity contribution in [2.24, 2.45) is 0 Å². The van der Waals surface area contributed by atoms with Crippen LogP contribution in [0.15, 0.2) is 40.8 Å². The molecule has 0 atom stereocenters. The van der Waals surface area contributed by atoms with E-state index < -0.39 is 0 Å². The number of carbonyl (C=O) groups is 1. The van der Waals surface area contributed by atoms with E-state index in [2.05, 4.69) is 16.7 Å². The Morgan fingerprint density at radius 2 is 1.96 bits per heavy atom. The zero-order valence-corrected chi connectivity index (χ0v) is 14.5. The van der Waals surface area contributed by atoms with Gasteiger partial charge in [0.2, 0.25) is 0 Å². The van der Waals surface area contributed by atoms with Crippen LogP contribution in [0.25, 0.3) is 22.3 Å². The zero-order valence-electron chi connectivity index (χ0n) is 14.5. The van der Waals surface area contributed by atoms with E-state index in [1.165, 1.54) is 30.5 Å². The molecule has 0 unspecified atom stereocenters. The molecule has 0 radical (unpaired) electrons. The molecule has 5 rings (SSSR count). The second-order valence-corrected chi connectivity index (χ2v) is 7.24. The summed E-state index contributed by atoms with van der Waals surface area (Å²) < 4.78 is 19.4. The average molecular weight is 350 g/mol. The van der Waals surface area contributed by atoms with Crippen LogP contribution in [0.4, 0.5) is 10.1 Å². The van der Waals surface area contributed by atoms with E-state index >= 15 is 0 Å². The van der Waals surface area contributed by atoms with Crippen LogP contribution in [0.1, 0.15) is 35.2 Å². The average Bonchev–Trinajstić information content (AvgIpc) is 3.32. The molecule has 1 amide bonds. The highest BCUT2D eigenvalue weighted by Gasteiger charge is 2.47. The summed E-state index contributed by atoms with van der Waals surface area (Å²) in [5, 5.41) is 6.99. The number of anilines is 1. The van der Waals surface area contributed by atoms with Crippen molar-refractivity contribution >= 4 is 22.6 Å². The van der Waals surface area contributed by atoms with Gasteiger partial charge >= 0.3 is 0 Å². The molecule has 5 heteroatoms. The fourth-order valence-electron chi connectivity index (χ4n) is 4.12. The highest BCUT2D eigenvalue weighted by atomic mass is 19.1. The number of benzene rings is 2. The van der Waals surface area contributed by atoms with E-state index in [4.69, 9.17) is 4.42 Å². The Bertz CT molecular complexity index is 1030. The minimum Gasteiger partial charge on any atom is -0.455 e. The first-order valence-electron chi connectivity index (χ1n) is 8.94. The highest BCUT2D eigenvalue weighted by Crippen LogP contribution is 2.56. The number of carbonyl (C=O) groups excluding carboxylic acids is 1. The Kier molecular flexibility index (Phi) is 3.17. The molecule has 1 aliphatic carbocycles. The number of halogens is 1. The number of fused-ring (bicyclic) bond motifs is 3. The van der Waals surface area contributed by atoms with Gasteiger partial charge in [-0.1, -0.05) is 0 Å². The van der Waals surface area contributed by atoms with Crippen molar-refractivity contribution in [2.75, 3.05) is 18.9 Å². The van der Waals surface area contributed by atoms with Crippen LogP contribution in [0.5, 0.6) is 0 Å². The van der Waals surface area contributed by atoms with E-state index in [-0.39, 0.29) is 17.1 Å². The van der Waals surface area contributed by atoms with Crippen LogP contribution in [0, 0.1) is 5.82 Å². The quantitative estimate of drug-likeness (QED) is 0.718. The number of rotatable bonds is 2. The normalized spacial score (nSPS) is 17.0. The molecule has 1 saturated carbocycles. The molecular weight excluding hydrogens is 331 g/mol. The summed E-state index contributed by atoms with van der Waals surface area (Å²) in [4.78, 5) is 12.6. The van der Waals surface area contributed by atoms with E-state index in [9.17, 15) is 9.18 Å². The van der Waals surface area contributed by atoms with Crippen LogP contribution >= 0.6 is 0 Å². The zero-order chi connectivity index (χ0) is 17.9. The third-order valence-electron chi connectivity index (χ3n) is 5.73. The third-order valence-corrected chi connectivity index (χ3v) is 5.73. The smallest absolute Gasteiger partial charge is 0.255 e. The van der Waals surface area contributed by atoms with Crippen LogP contribution in [-0.4, -0.2) is 19.5 Å². The molecule has 2 aliphatic rings. The molecule has 1 aliphatic heterocycles. The minimum atomic E-state index is -0.318. The lowest BCUT2D eigenvalue weighted by Gasteiger charge is -2.26. The summed E-state index contributed by atoms with van der Waals surface area (Å²) in [6.45, 7) is 0.965. The topological polar surface area (TPSA) is 54.3 Å². The van der Waals surface area contributed by atoms with Gasteiger partial charge in [0.05, 0.1) is 5.56 Å². The fourth-order valence-corrected chi connectivity index (χ4v) is 4.12. The lowest BCUT2D eigenvalue weighted by Crippen LogP contribution is -2.22. The molecule has 0 bridgehead atoms. The first kappa shape index (κ1) is 15.4. The Hall–Kier alpha value is -2.82. The Morgan fingerprint density at radius 1 is 1.19 bits per heavy atom. The molecule has 132 valence electrons. The van der Waals surface area contributed by atoms with Crippen molar-refractivity contribution < 1.29 is 13.6 Å². The van der Waals surface area contributed by atoms with Crippen molar-refractivity contribution in [3.63, 3.8) is 0 Å². The Morgan fingerprint density at radius 3 is 2.65 bits per heavy atom. The van der Waals surface area contributed by atoms with Gasteiger partial charge in [-0.15, -0.1) is 0 Å². The molecule has 2 N–H and O–H groups in total. The summed E-state index contributed by atoms with van der Waals surface area (Å²) in [5.74, 6) is -0.0372. The van der Waals surface area contributed by atoms with E-state index in [0.717, 1.165) is 24.0 Å². The maximum Gasteiger partial charge on any atom is 0.255 e. The van der Waals surface area contributed by atoms with Crippen LogP contribution in [-0.2, 0) is 5.41 Å². The number of hydrogen-bond acceptors (Lipinski definition) is 3. The molecule has 1 fully saturated rings. The molecule has 26 heavy (non-hydrogen) atoms. The highest BCUT2D eigenvalue weighted by molar-refractivity contribution is 6.11. The first-order chi connectivity index (χ1) is 12.6. The molecule has 0 saturated heterocycles. The Labute approximate surface area is 150 Å². The van der Waals surface area contributed by atoms with Gasteiger partial charge in [0.15, 0.2) is 0 Å². The second kappa shape index (κ2) is 5.34. The van der Waals surface area contributed by atoms with Crippen LogP contribution < -0.4 is 10.6 Å². The van der Waals surface area contributed by atoms with Crippen LogP contribution in [0.2, 0.25) is 0 Å². The van der Waals surface area contributed by atoms with E-state index in [1.54, 1.807) is 19.2 Å². The van der Waals surface area contributed by atoms with Crippen molar-refractivity contribution in [2.45, 2.75) is 24.7 Å². The molecule has 2 heterocycles. The molecular formula is C21H19FN2O2. The van der Waals surface area contributed by atoms with Gasteiger partial charge in [0, 0.05) is 36.3 Å². The standard InChI is InChI=1S/C21H19FN2O2/c1-23-20(25)18-14-10-15-16(24-9-8-21(15)6-7-21)11-17(14)26-19(18)12-2-4-13(22)5-3-12/h2-5,10-11,24H,6-9H2,1H3,(H,23,25). The summed E-state index contributed by atoms with van der Waals surface area (Å²) in [6.07, 6.45) is 3.53. The lowest BCUT2D eigenvalue weighted by molar-refractivity contribution is 0.0964. The van der Waals surface area contributed by atoms with Gasteiger partial charge in [-0.3, -0.25) is 4.79 Å². The largest absolute Gasteiger partial charge is 0.455 e. The fraction of sp³-hybridized carbons (Fsp3) is 0.286. The predicted octanol–water partition coefficient (Wildman–Crippen LogP) is 4.45. The molecule has 1 aromatic heterocycles. The van der Waals surface area contributed by atoms with Crippen molar-refractivity contribution in [3.05, 3.63) is 53.3 Å². The van der Waals surface area contributed by atoms with Gasteiger partial charge in [-0.05, 0) is 60.6 Å². The number of furan rings is 1. The molecule has 2 aromatic carbocycles. The van der Waals surface area contributed by atoms with Crippen molar-refractivity contribution in [1.82, 2.24) is 5.32 Å². The maximum atomic E-state index is 13.3. The van der Waals surface area contributed by atoms with Gasteiger partial charge < -0.3 is 15.1 Å². The summed E-state index contributed by atoms with van der Waals surface area (Å²) in [6, 6.07) is 10.2. The monoisotopic (exact) mass is 350 g/mol. The number of nitrogens with one attached hydrogen (secondary N) is 2. The molecule has 1 spiro atoms. The van der Waals surface area contributed by atoms with Crippen molar-refractivity contribution in [1.29, 1.82) is 0 Å². The van der Waals surface area contributed by atoms with Gasteiger partial charge in [-0.2, -0.15) is 0 Å². The second-order valence-electron chi connectivity index (χ2n) is 7.24. The Balaban J connectivity index is 1.78. The summed E-state index contributed by atoms with van der Waals surface area (Å²) >= 11 is 0. The van der Waals surface area contributed by atoms with E-state index in [0.29, 0.717) is 22.5 Å². The SMILES string of the molecule is CNC(=O)c1c(-c2ccc(F)cc2)oc2cc3c(cc12)C1(CCN3)CC1.